The Bertz CT molecular complexity index is 1160. The van der Waals surface area contributed by atoms with Crippen LogP contribution in [0.1, 0.15) is 60.4 Å². The van der Waals surface area contributed by atoms with Gasteiger partial charge in [-0.15, -0.1) is 0 Å². The maximum absolute atomic E-state index is 14.2. The third-order valence-corrected chi connectivity index (χ3v) is 6.17. The zero-order chi connectivity index (χ0) is 26.4. The molecule has 2 aromatic rings. The molecule has 192 valence electrons. The first-order valence-corrected chi connectivity index (χ1v) is 12.2. The van der Waals surface area contributed by atoms with Gasteiger partial charge in [0.05, 0.1) is 24.8 Å². The fourth-order valence-corrected chi connectivity index (χ4v) is 3.94. The number of rotatable bonds is 6. The topological polar surface area (TPSA) is 83.0 Å². The molecule has 0 spiro atoms. The van der Waals surface area contributed by atoms with E-state index in [1.807, 2.05) is 6.92 Å². The first kappa shape index (κ1) is 27.2. The van der Waals surface area contributed by atoms with E-state index >= 15 is 0 Å². The van der Waals surface area contributed by atoms with Crippen molar-refractivity contribution in [2.75, 3.05) is 26.7 Å². The number of carbonyl (C=O) groups excluding carboxylic acids is 2. The van der Waals surface area contributed by atoms with Crippen LogP contribution in [-0.4, -0.2) is 70.6 Å². The molecule has 1 aliphatic heterocycles. The summed E-state index contributed by atoms with van der Waals surface area (Å²) in [6, 6.07) is 7.07. The van der Waals surface area contributed by atoms with Gasteiger partial charge in [-0.2, -0.15) is 0 Å². The highest BCUT2D eigenvalue weighted by Crippen LogP contribution is 2.27. The van der Waals surface area contributed by atoms with Crippen LogP contribution >= 0.6 is 0 Å². The summed E-state index contributed by atoms with van der Waals surface area (Å²) in [4.78, 5) is 33.8. The summed E-state index contributed by atoms with van der Waals surface area (Å²) in [5, 5.41) is 9.81. The highest BCUT2D eigenvalue weighted by molar-refractivity contribution is 5.97. The van der Waals surface area contributed by atoms with Crippen LogP contribution in [0.3, 0.4) is 0 Å². The highest BCUT2D eigenvalue weighted by atomic mass is 19.1. The van der Waals surface area contributed by atoms with E-state index in [0.29, 0.717) is 18.0 Å². The molecule has 1 aliphatic rings. The van der Waals surface area contributed by atoms with Crippen molar-refractivity contribution in [2.24, 2.45) is 11.8 Å². The molecule has 0 bridgehead atoms. The van der Waals surface area contributed by atoms with Crippen LogP contribution in [0.2, 0.25) is 0 Å². The van der Waals surface area contributed by atoms with Crippen LogP contribution in [0, 0.1) is 29.5 Å². The molecule has 0 fully saturated rings. The number of hydrogen-bond acceptors (Lipinski definition) is 5. The van der Waals surface area contributed by atoms with Gasteiger partial charge in [-0.05, 0) is 31.0 Å². The van der Waals surface area contributed by atoms with E-state index in [0.717, 1.165) is 6.42 Å². The minimum Gasteiger partial charge on any atom is -0.472 e. The van der Waals surface area contributed by atoms with E-state index in [1.165, 1.54) is 23.1 Å². The van der Waals surface area contributed by atoms with Crippen LogP contribution in [0.15, 0.2) is 36.5 Å². The number of fused-ring (bicyclic) bond motifs is 1. The highest BCUT2D eigenvalue weighted by Gasteiger charge is 2.35. The Balaban J connectivity index is 1.94. The largest absolute Gasteiger partial charge is 0.472 e. The first-order valence-electron chi connectivity index (χ1n) is 12.2. The second-order valence-corrected chi connectivity index (χ2v) is 9.76. The van der Waals surface area contributed by atoms with Crippen LogP contribution in [0.4, 0.5) is 4.39 Å². The lowest BCUT2D eigenvalue weighted by Crippen LogP contribution is -2.50. The molecule has 1 aromatic heterocycles. The third-order valence-electron chi connectivity index (χ3n) is 6.17. The molecule has 3 rings (SSSR count). The molecular formula is C28H34FN3O4. The molecular weight excluding hydrogens is 461 g/mol. The SMILES string of the molecule is CC(C)CC#Cc1cnc2c(c1)C(=O)N([C@H](C)CO)C[C@@H](C)[C@H](CN(C)C(=O)c1ccccc1F)O2. The van der Waals surface area contributed by atoms with Crippen molar-refractivity contribution >= 4 is 11.8 Å². The average molecular weight is 496 g/mol. The van der Waals surface area contributed by atoms with Gasteiger partial charge in [0.25, 0.3) is 11.8 Å². The van der Waals surface area contributed by atoms with Gasteiger partial charge in [0, 0.05) is 37.7 Å². The fourth-order valence-electron chi connectivity index (χ4n) is 3.94. The Kier molecular flexibility index (Phi) is 9.05. The molecule has 3 atom stereocenters. The van der Waals surface area contributed by atoms with E-state index in [1.54, 1.807) is 37.2 Å². The van der Waals surface area contributed by atoms with E-state index < -0.39 is 23.9 Å². The normalized spacial score (nSPS) is 18.3. The number of halogens is 1. The molecule has 0 unspecified atom stereocenters. The smallest absolute Gasteiger partial charge is 0.259 e. The summed E-state index contributed by atoms with van der Waals surface area (Å²) in [5.41, 5.74) is 0.832. The standard InChI is InChI=1S/C28H34FN3O4/c1-18(2)9-8-10-21-13-23-26(30-14-21)36-25(19(3)15-32(28(23)35)20(4)17-33)16-31(5)27(34)22-11-6-7-12-24(22)29/h6-7,11-14,18-20,25,33H,9,15-17H2,1-5H3/t19-,20-,25+/m1/s1. The predicted octanol–water partition coefficient (Wildman–Crippen LogP) is 3.61. The van der Waals surface area contributed by atoms with Crippen molar-refractivity contribution in [3.05, 3.63) is 59.0 Å². The molecule has 0 radical (unpaired) electrons. The van der Waals surface area contributed by atoms with Crippen molar-refractivity contribution in [1.82, 2.24) is 14.8 Å². The Morgan fingerprint density at radius 2 is 2.06 bits per heavy atom. The lowest BCUT2D eigenvalue weighted by atomic mass is 9.99. The van der Waals surface area contributed by atoms with Crippen molar-refractivity contribution in [2.45, 2.75) is 46.3 Å². The van der Waals surface area contributed by atoms with Gasteiger partial charge in [0.2, 0.25) is 5.88 Å². The summed E-state index contributed by atoms with van der Waals surface area (Å²) in [6.07, 6.45) is 1.75. The Morgan fingerprint density at radius 3 is 2.72 bits per heavy atom. The molecule has 36 heavy (non-hydrogen) atoms. The second kappa shape index (κ2) is 12.0. The number of carbonyl (C=O) groups is 2. The molecule has 0 saturated heterocycles. The Labute approximate surface area is 212 Å². The fraction of sp³-hybridized carbons (Fsp3) is 0.464. The number of nitrogens with zero attached hydrogens (tertiary/aromatic N) is 3. The van der Waals surface area contributed by atoms with Crippen molar-refractivity contribution < 1.29 is 23.8 Å². The quantitative estimate of drug-likeness (QED) is 0.619. The zero-order valence-corrected chi connectivity index (χ0v) is 21.5. The molecule has 0 aliphatic carbocycles. The van der Waals surface area contributed by atoms with Gasteiger partial charge in [0.15, 0.2) is 0 Å². The minimum absolute atomic E-state index is 0.0210. The molecule has 2 heterocycles. The van der Waals surface area contributed by atoms with E-state index in [4.69, 9.17) is 4.74 Å². The van der Waals surface area contributed by atoms with Gasteiger partial charge in [-0.1, -0.05) is 44.7 Å². The number of amides is 2. The van der Waals surface area contributed by atoms with Gasteiger partial charge in [-0.3, -0.25) is 9.59 Å². The number of likely N-dealkylation sites (N-methyl/N-ethyl adjacent to an activating group) is 1. The number of aromatic nitrogens is 1. The van der Waals surface area contributed by atoms with Gasteiger partial charge in [0.1, 0.15) is 17.5 Å². The van der Waals surface area contributed by atoms with Crippen LogP contribution < -0.4 is 4.74 Å². The van der Waals surface area contributed by atoms with Gasteiger partial charge >= 0.3 is 0 Å². The summed E-state index contributed by atoms with van der Waals surface area (Å²) >= 11 is 0. The number of pyridine rings is 1. The van der Waals surface area contributed by atoms with Crippen LogP contribution in [-0.2, 0) is 0 Å². The minimum atomic E-state index is -0.590. The molecule has 7 nitrogen and oxygen atoms in total. The second-order valence-electron chi connectivity index (χ2n) is 9.76. The molecule has 1 aromatic carbocycles. The first-order chi connectivity index (χ1) is 17.1. The van der Waals surface area contributed by atoms with Gasteiger partial charge < -0.3 is 19.6 Å². The molecule has 8 heteroatoms. The number of hydrogen-bond donors (Lipinski definition) is 1. The van der Waals surface area contributed by atoms with E-state index in [-0.39, 0.29) is 42.0 Å². The summed E-state index contributed by atoms with van der Waals surface area (Å²) in [6.45, 7) is 8.09. The number of aliphatic hydroxyl groups is 1. The number of ether oxygens (including phenoxy) is 1. The third kappa shape index (κ3) is 6.41. The molecule has 2 amide bonds. The monoisotopic (exact) mass is 495 g/mol. The summed E-state index contributed by atoms with van der Waals surface area (Å²) in [7, 11) is 1.59. The predicted molar refractivity (Wildman–Crippen MR) is 135 cm³/mol. The zero-order valence-electron chi connectivity index (χ0n) is 21.5. The molecule has 1 N–H and O–H groups in total. The van der Waals surface area contributed by atoms with Gasteiger partial charge in [-0.25, -0.2) is 9.37 Å². The van der Waals surface area contributed by atoms with Crippen molar-refractivity contribution in [3.63, 3.8) is 0 Å². The summed E-state index contributed by atoms with van der Waals surface area (Å²) in [5.74, 6) is 5.16. The van der Waals surface area contributed by atoms with Crippen molar-refractivity contribution in [3.8, 4) is 17.7 Å². The maximum atomic E-state index is 14.2. The lowest BCUT2D eigenvalue weighted by molar-refractivity contribution is 0.0312. The molecule has 0 saturated carbocycles. The lowest BCUT2D eigenvalue weighted by Gasteiger charge is -2.37. The van der Waals surface area contributed by atoms with Crippen LogP contribution in [0.5, 0.6) is 5.88 Å². The average Bonchev–Trinajstić information content (AvgIpc) is 2.85. The van der Waals surface area contributed by atoms with Crippen molar-refractivity contribution in [1.29, 1.82) is 0 Å². The van der Waals surface area contributed by atoms with E-state index in [2.05, 4.69) is 30.7 Å². The Hall–Kier alpha value is -3.44. The number of aliphatic hydroxyl groups excluding tert-OH is 1. The van der Waals surface area contributed by atoms with Crippen LogP contribution in [0.25, 0.3) is 0 Å². The van der Waals surface area contributed by atoms with E-state index in [9.17, 15) is 19.1 Å². The number of benzene rings is 1. The Morgan fingerprint density at radius 1 is 1.33 bits per heavy atom. The summed E-state index contributed by atoms with van der Waals surface area (Å²) < 4.78 is 20.4. The maximum Gasteiger partial charge on any atom is 0.259 e.